The summed E-state index contributed by atoms with van der Waals surface area (Å²) in [6.45, 7) is 13.1. The first-order valence-electron chi connectivity index (χ1n) is 7.79. The zero-order chi connectivity index (χ0) is 17.1. The summed E-state index contributed by atoms with van der Waals surface area (Å²) in [5.74, 6) is -1.96. The van der Waals surface area contributed by atoms with Gasteiger partial charge in [0.05, 0.1) is 6.61 Å². The van der Waals surface area contributed by atoms with E-state index in [2.05, 4.69) is 41.5 Å². The van der Waals surface area contributed by atoms with Gasteiger partial charge in [0.1, 0.15) is 11.4 Å². The van der Waals surface area contributed by atoms with E-state index in [0.717, 1.165) is 0 Å². The maximum atomic E-state index is 13.8. The van der Waals surface area contributed by atoms with Crippen molar-refractivity contribution in [3.05, 3.63) is 35.1 Å². The minimum absolute atomic E-state index is 0.153. The third-order valence-corrected chi connectivity index (χ3v) is 10.6. The molecule has 0 fully saturated rings. The zero-order valence-electron chi connectivity index (χ0n) is 14.3. The molecule has 1 aromatic rings. The third kappa shape index (κ3) is 3.58. The summed E-state index contributed by atoms with van der Waals surface area (Å²) in [4.78, 5) is 11.3. The first kappa shape index (κ1) is 18.8. The van der Waals surface area contributed by atoms with Crippen molar-refractivity contribution < 1.29 is 18.7 Å². The molecule has 1 aromatic carbocycles. The summed E-state index contributed by atoms with van der Waals surface area (Å²) in [6, 6.07) is 4.33. The monoisotopic (exact) mass is 326 g/mol. The van der Waals surface area contributed by atoms with Crippen LogP contribution in [0.4, 0.5) is 4.39 Å². The van der Waals surface area contributed by atoms with E-state index in [-0.39, 0.29) is 12.2 Å². The summed E-state index contributed by atoms with van der Waals surface area (Å²) < 4.78 is 20.1. The van der Waals surface area contributed by atoms with Crippen LogP contribution in [0, 0.1) is 5.82 Å². The highest BCUT2D eigenvalue weighted by Gasteiger charge is 2.45. The Bertz CT molecular complexity index is 505. The van der Waals surface area contributed by atoms with Crippen LogP contribution in [0.3, 0.4) is 0 Å². The Balaban J connectivity index is 3.15. The topological polar surface area (TPSA) is 46.5 Å². The Labute approximate surface area is 133 Å². The summed E-state index contributed by atoms with van der Waals surface area (Å²) >= 11 is 0. The molecule has 124 valence electrons. The van der Waals surface area contributed by atoms with Gasteiger partial charge in [-0.15, -0.1) is 0 Å². The summed E-state index contributed by atoms with van der Waals surface area (Å²) in [6.07, 6.45) is 0. The van der Waals surface area contributed by atoms with E-state index in [1.165, 1.54) is 12.1 Å². The highest BCUT2D eigenvalue weighted by atomic mass is 28.4. The smallest absolute Gasteiger partial charge is 0.339 e. The van der Waals surface area contributed by atoms with Crippen molar-refractivity contribution in [2.75, 3.05) is 0 Å². The van der Waals surface area contributed by atoms with E-state index in [1.54, 1.807) is 6.07 Å². The Morgan fingerprint density at radius 3 is 2.05 bits per heavy atom. The third-order valence-electron chi connectivity index (χ3n) is 4.50. The zero-order valence-corrected chi connectivity index (χ0v) is 15.3. The molecule has 0 aliphatic heterocycles. The normalized spacial score (nSPS) is 12.5. The molecule has 3 nitrogen and oxygen atoms in total. The van der Waals surface area contributed by atoms with Crippen LogP contribution in [0.1, 0.15) is 57.5 Å². The average Bonchev–Trinajstić information content (AvgIpc) is 2.37. The molecule has 1 N–H and O–H groups in total. The number of carbonyl (C=O) groups is 1. The van der Waals surface area contributed by atoms with Crippen molar-refractivity contribution in [1.29, 1.82) is 0 Å². The molecule has 0 saturated heterocycles. The fourth-order valence-electron chi connectivity index (χ4n) is 3.63. The Morgan fingerprint density at radius 2 is 1.64 bits per heavy atom. The van der Waals surface area contributed by atoms with Gasteiger partial charge >= 0.3 is 5.97 Å². The lowest BCUT2D eigenvalue weighted by Crippen LogP contribution is -2.47. The lowest BCUT2D eigenvalue weighted by atomic mass is 10.1. The second kappa shape index (κ2) is 7.37. The van der Waals surface area contributed by atoms with Crippen LogP contribution in [0.15, 0.2) is 18.2 Å². The molecule has 5 heteroatoms. The van der Waals surface area contributed by atoms with Crippen molar-refractivity contribution in [3.8, 4) is 0 Å². The second-order valence-corrected chi connectivity index (χ2v) is 12.1. The number of benzene rings is 1. The minimum atomic E-state index is -2.10. The largest absolute Gasteiger partial charge is 0.478 e. The molecule has 0 radical (unpaired) electrons. The molecule has 0 saturated carbocycles. The van der Waals surface area contributed by atoms with Crippen LogP contribution in [-0.4, -0.2) is 19.4 Å². The van der Waals surface area contributed by atoms with Crippen molar-refractivity contribution in [2.24, 2.45) is 0 Å². The van der Waals surface area contributed by atoms with Crippen LogP contribution >= 0.6 is 0 Å². The van der Waals surface area contributed by atoms with Gasteiger partial charge in [-0.05, 0) is 28.3 Å². The highest BCUT2D eigenvalue weighted by molar-refractivity contribution is 6.77. The fraction of sp³-hybridized carbons (Fsp3) is 0.588. The number of aromatic carboxylic acids is 1. The fourth-order valence-corrected chi connectivity index (χ4v) is 9.04. The molecule has 22 heavy (non-hydrogen) atoms. The number of hydrogen-bond donors (Lipinski definition) is 1. The van der Waals surface area contributed by atoms with Gasteiger partial charge in [0.2, 0.25) is 8.32 Å². The predicted molar refractivity (Wildman–Crippen MR) is 89.2 cm³/mol. The Kier molecular flexibility index (Phi) is 6.32. The molecular weight excluding hydrogens is 299 g/mol. The van der Waals surface area contributed by atoms with Crippen molar-refractivity contribution in [3.63, 3.8) is 0 Å². The van der Waals surface area contributed by atoms with Crippen LogP contribution in [0.5, 0.6) is 0 Å². The number of halogens is 1. The van der Waals surface area contributed by atoms with Crippen LogP contribution in [-0.2, 0) is 11.0 Å². The van der Waals surface area contributed by atoms with E-state index >= 15 is 0 Å². The first-order chi connectivity index (χ1) is 10.1. The van der Waals surface area contributed by atoms with Crippen LogP contribution in [0.25, 0.3) is 0 Å². The maximum Gasteiger partial charge on any atom is 0.339 e. The van der Waals surface area contributed by atoms with Crippen molar-refractivity contribution in [1.82, 2.24) is 0 Å². The molecule has 0 heterocycles. The Hall–Kier alpha value is -1.20. The standard InChI is InChI=1S/C17H27FO3Si/c1-11(2)22(12(3)4,13(5)6)21-10-14-8-7-9-15(18)16(14)17(19)20/h7-9,11-13H,10H2,1-6H3,(H,19,20). The summed E-state index contributed by atoms with van der Waals surface area (Å²) in [5.41, 5.74) is 1.33. The van der Waals surface area contributed by atoms with Crippen LogP contribution < -0.4 is 0 Å². The van der Waals surface area contributed by atoms with Gasteiger partial charge in [-0.1, -0.05) is 53.7 Å². The quantitative estimate of drug-likeness (QED) is 0.699. The van der Waals surface area contributed by atoms with E-state index in [0.29, 0.717) is 22.2 Å². The molecule has 0 amide bonds. The summed E-state index contributed by atoms with van der Waals surface area (Å²) in [7, 11) is -2.10. The first-order valence-corrected chi connectivity index (χ1v) is 9.93. The van der Waals surface area contributed by atoms with Gasteiger partial charge in [-0.3, -0.25) is 0 Å². The van der Waals surface area contributed by atoms with Gasteiger partial charge in [-0.2, -0.15) is 0 Å². The minimum Gasteiger partial charge on any atom is -0.478 e. The van der Waals surface area contributed by atoms with E-state index in [1.807, 2.05) is 0 Å². The SMILES string of the molecule is CC(C)[Si](OCc1cccc(F)c1C(=O)O)(C(C)C)C(C)C. The van der Waals surface area contributed by atoms with Crippen molar-refractivity contribution >= 4 is 14.3 Å². The molecule has 0 aliphatic carbocycles. The molecule has 0 aromatic heterocycles. The predicted octanol–water partition coefficient (Wildman–Crippen LogP) is 5.22. The van der Waals surface area contributed by atoms with Gasteiger partial charge < -0.3 is 9.53 Å². The molecule has 0 atom stereocenters. The number of hydrogen-bond acceptors (Lipinski definition) is 2. The van der Waals surface area contributed by atoms with Gasteiger partial charge in [0.25, 0.3) is 0 Å². The number of rotatable bonds is 7. The number of carboxylic acid groups (broad SMARTS) is 1. The number of carboxylic acids is 1. The van der Waals surface area contributed by atoms with Crippen molar-refractivity contribution in [2.45, 2.75) is 64.8 Å². The molecular formula is C17H27FO3Si. The van der Waals surface area contributed by atoms with E-state index in [4.69, 9.17) is 4.43 Å². The van der Waals surface area contributed by atoms with Gasteiger partial charge in [0.15, 0.2) is 0 Å². The highest BCUT2D eigenvalue weighted by Crippen LogP contribution is 2.42. The maximum absolute atomic E-state index is 13.8. The summed E-state index contributed by atoms with van der Waals surface area (Å²) in [5, 5.41) is 9.22. The molecule has 0 spiro atoms. The molecule has 1 rings (SSSR count). The lowest BCUT2D eigenvalue weighted by Gasteiger charge is -2.42. The molecule has 0 unspecified atom stereocenters. The lowest BCUT2D eigenvalue weighted by molar-refractivity contribution is 0.0688. The van der Waals surface area contributed by atoms with E-state index < -0.39 is 20.1 Å². The Morgan fingerprint density at radius 1 is 1.14 bits per heavy atom. The van der Waals surface area contributed by atoms with Gasteiger partial charge in [-0.25, -0.2) is 9.18 Å². The molecule has 0 bridgehead atoms. The van der Waals surface area contributed by atoms with Gasteiger partial charge in [0, 0.05) is 0 Å². The second-order valence-electron chi connectivity index (χ2n) is 6.69. The van der Waals surface area contributed by atoms with Crippen LogP contribution in [0.2, 0.25) is 16.6 Å². The van der Waals surface area contributed by atoms with E-state index in [9.17, 15) is 14.3 Å². The molecule has 0 aliphatic rings. The average molecular weight is 326 g/mol.